The molecule has 3 N–H and O–H groups in total. The number of carbonyl (C=O) groups excluding carboxylic acids is 2. The molecule has 2 aliphatic carbocycles. The molecule has 15 heteroatoms. The van der Waals surface area contributed by atoms with E-state index >= 15 is 0 Å². The number of rotatable bonds is 7. The summed E-state index contributed by atoms with van der Waals surface area (Å²) in [5.41, 5.74) is 3.65. The lowest BCUT2D eigenvalue weighted by Crippen LogP contribution is -2.49. The van der Waals surface area contributed by atoms with Crippen LogP contribution in [0.3, 0.4) is 0 Å². The maximum Gasteiger partial charge on any atom is 0.247 e. The smallest absolute Gasteiger partial charge is 0.247 e. The molecule has 2 amide bonds. The summed E-state index contributed by atoms with van der Waals surface area (Å²) in [7, 11) is 3.50. The van der Waals surface area contributed by atoms with Gasteiger partial charge in [-0.25, -0.2) is 19.9 Å². The molecule has 4 aliphatic rings. The molecule has 0 saturated heterocycles. The topological polar surface area (TPSA) is 181 Å². The van der Waals surface area contributed by atoms with Crippen LogP contribution in [0.25, 0.3) is 22.5 Å². The number of carbonyl (C=O) groups is 2. The third-order valence-electron chi connectivity index (χ3n) is 11.5. The highest BCUT2D eigenvalue weighted by Gasteiger charge is 2.37. The maximum absolute atomic E-state index is 12.8. The first kappa shape index (κ1) is 41.1. The van der Waals surface area contributed by atoms with Crippen LogP contribution in [-0.2, 0) is 30.1 Å². The number of pyridine rings is 2. The summed E-state index contributed by atoms with van der Waals surface area (Å²) < 4.78 is 10.9. The minimum absolute atomic E-state index is 0.00571. The number of aliphatic hydroxyl groups is 1. The zero-order valence-corrected chi connectivity index (χ0v) is 34.7. The highest BCUT2D eigenvalue weighted by Crippen LogP contribution is 2.37. The summed E-state index contributed by atoms with van der Waals surface area (Å²) in [4.78, 5) is 56.8. The zero-order valence-electron chi connectivity index (χ0n) is 34.7. The van der Waals surface area contributed by atoms with E-state index in [1.54, 1.807) is 52.7 Å². The summed E-state index contributed by atoms with van der Waals surface area (Å²) in [5, 5.41) is 16.3. The van der Waals surface area contributed by atoms with Crippen LogP contribution in [0.1, 0.15) is 97.4 Å². The van der Waals surface area contributed by atoms with Gasteiger partial charge in [0, 0.05) is 60.9 Å². The molecule has 15 nitrogen and oxygen atoms in total. The number of ether oxygens (including phenoxy) is 2. The largest absolute Gasteiger partial charge is 0.384 e. The fraction of sp³-hybridized carbons (Fsp3) is 0.535. The summed E-state index contributed by atoms with van der Waals surface area (Å²) >= 11 is 0. The molecule has 0 aromatic carbocycles. The molecule has 8 rings (SSSR count). The van der Waals surface area contributed by atoms with E-state index in [-0.39, 0.29) is 54.6 Å². The number of hydrogen-bond donors (Lipinski definition) is 3. The molecular formula is C43H56N10O5. The van der Waals surface area contributed by atoms with Crippen LogP contribution in [0.2, 0.25) is 0 Å². The second-order valence-corrected chi connectivity index (χ2v) is 17.1. The van der Waals surface area contributed by atoms with E-state index in [2.05, 4.69) is 51.3 Å². The minimum Gasteiger partial charge on any atom is -0.384 e. The van der Waals surface area contributed by atoms with Crippen molar-refractivity contribution in [1.82, 2.24) is 29.9 Å². The average molecular weight is 803 g/mol. The van der Waals surface area contributed by atoms with E-state index in [1.807, 2.05) is 34.2 Å². The highest BCUT2D eigenvalue weighted by molar-refractivity contribution is 6.02. The molecule has 4 aromatic heterocycles. The van der Waals surface area contributed by atoms with Gasteiger partial charge >= 0.3 is 0 Å². The van der Waals surface area contributed by atoms with Crippen molar-refractivity contribution in [2.24, 2.45) is 0 Å². The Labute approximate surface area is 340 Å². The van der Waals surface area contributed by atoms with Gasteiger partial charge in [0.2, 0.25) is 11.8 Å². The van der Waals surface area contributed by atoms with Crippen LogP contribution in [0.5, 0.6) is 0 Å². The number of fused-ring (bicyclic) bond motifs is 2. The van der Waals surface area contributed by atoms with Gasteiger partial charge in [0.1, 0.15) is 5.60 Å². The average Bonchev–Trinajstić information content (AvgIpc) is 3.23. The molecule has 58 heavy (non-hydrogen) atoms. The van der Waals surface area contributed by atoms with Gasteiger partial charge < -0.3 is 25.2 Å². The lowest BCUT2D eigenvalue weighted by atomic mass is 9.92. The Kier molecular flexibility index (Phi) is 12.0. The van der Waals surface area contributed by atoms with Crippen LogP contribution in [0.4, 0.5) is 23.3 Å². The van der Waals surface area contributed by atoms with E-state index in [9.17, 15) is 14.7 Å². The van der Waals surface area contributed by atoms with E-state index in [0.29, 0.717) is 34.7 Å². The molecule has 0 unspecified atom stereocenters. The molecule has 0 spiro atoms. The first-order chi connectivity index (χ1) is 27.7. The monoisotopic (exact) mass is 802 g/mol. The number of nitrogens with zero attached hydrogens (tertiary/aromatic N) is 8. The number of hydrogen-bond acceptors (Lipinski definition) is 13. The van der Waals surface area contributed by atoms with Crippen molar-refractivity contribution in [2.45, 2.75) is 121 Å². The molecule has 0 bridgehead atoms. The quantitative estimate of drug-likeness (QED) is 0.185. The van der Waals surface area contributed by atoms with E-state index in [1.165, 1.54) is 0 Å². The number of nitrogens with one attached hydrogen (secondary N) is 2. The van der Waals surface area contributed by atoms with Crippen molar-refractivity contribution >= 4 is 35.1 Å². The van der Waals surface area contributed by atoms with Gasteiger partial charge in [-0.15, -0.1) is 0 Å². The SMILES string of the molecule is COC1CCC(N2c3nc(-c4ccc([13C](C)([13CH3])[13CH3])nc4)cnc3N[13CH2][13C]2=O)CC1.COC1CCC(N2c3nc(-c4ccc([13C]([13CH3])([13CH3])O)nc4)cnc3N[13CH2][13C]2=O)CC1. The molecule has 2 saturated carbocycles. The van der Waals surface area contributed by atoms with Gasteiger partial charge in [0.05, 0.1) is 54.8 Å². The molecule has 2 aliphatic heterocycles. The lowest BCUT2D eigenvalue weighted by molar-refractivity contribution is -0.118. The lowest BCUT2D eigenvalue weighted by Gasteiger charge is -2.38. The fourth-order valence-corrected chi connectivity index (χ4v) is 8.08. The van der Waals surface area contributed by atoms with Crippen LogP contribution in [-0.4, -0.2) is 98.4 Å². The van der Waals surface area contributed by atoms with Gasteiger partial charge in [-0.3, -0.25) is 29.4 Å². The van der Waals surface area contributed by atoms with E-state index in [4.69, 9.17) is 19.4 Å². The van der Waals surface area contributed by atoms with Crippen molar-refractivity contribution in [1.29, 1.82) is 0 Å². The van der Waals surface area contributed by atoms with Crippen LogP contribution >= 0.6 is 0 Å². The zero-order chi connectivity index (χ0) is 41.2. The molecule has 308 valence electrons. The maximum atomic E-state index is 12.8. The second-order valence-electron chi connectivity index (χ2n) is 17.1. The summed E-state index contributed by atoms with van der Waals surface area (Å²) in [6, 6.07) is 7.95. The predicted molar refractivity (Wildman–Crippen MR) is 223 cm³/mol. The third kappa shape index (κ3) is 8.96. The van der Waals surface area contributed by atoms with E-state index < -0.39 is 5.60 Å². The first-order valence-electron chi connectivity index (χ1n) is 20.3. The summed E-state index contributed by atoms with van der Waals surface area (Å²) in [6.07, 6.45) is 14.9. The van der Waals surface area contributed by atoms with Crippen molar-refractivity contribution < 1.29 is 24.2 Å². The normalized spacial score (nSPS) is 22.2. The van der Waals surface area contributed by atoms with Crippen LogP contribution in [0.15, 0.2) is 49.1 Å². The molecule has 0 atom stereocenters. The van der Waals surface area contributed by atoms with Gasteiger partial charge in [-0.2, -0.15) is 0 Å². The highest BCUT2D eigenvalue weighted by atomic mass is 16.5. The number of amides is 2. The fourth-order valence-electron chi connectivity index (χ4n) is 8.08. The Morgan fingerprint density at radius 1 is 0.603 bits per heavy atom. The van der Waals surface area contributed by atoms with Crippen LogP contribution in [0, 0.1) is 0 Å². The Morgan fingerprint density at radius 2 is 1.02 bits per heavy atom. The Hall–Kier alpha value is -5.12. The van der Waals surface area contributed by atoms with Gasteiger partial charge in [0.25, 0.3) is 0 Å². The Bertz CT molecular complexity index is 1920. The van der Waals surface area contributed by atoms with E-state index in [0.717, 1.165) is 73.9 Å². The second kappa shape index (κ2) is 17.0. The Morgan fingerprint density at radius 3 is 1.36 bits per heavy atom. The predicted octanol–water partition coefficient (Wildman–Crippen LogP) is 6.03. The number of methoxy groups -OCH3 is 2. The molecule has 2 fully saturated rings. The summed E-state index contributed by atoms with van der Waals surface area (Å²) in [6.45, 7) is 10.3. The molecule has 4 aromatic rings. The minimum atomic E-state index is -1.01. The van der Waals surface area contributed by atoms with Crippen LogP contribution < -0.4 is 20.4 Å². The number of aromatic nitrogens is 6. The summed E-state index contributed by atoms with van der Waals surface area (Å²) in [5.74, 6) is 2.56. The Balaban J connectivity index is 0.000000177. The van der Waals surface area contributed by atoms with Crippen molar-refractivity contribution in [3.8, 4) is 22.5 Å². The third-order valence-corrected chi connectivity index (χ3v) is 11.5. The van der Waals surface area contributed by atoms with Crippen molar-refractivity contribution in [3.05, 3.63) is 60.4 Å². The standard InChI is InChI=1S/C22H29N5O2.C21H27N5O3/c1-22(2,3)18-10-5-14(11-23-18)17-12-24-20-21(26-17)27(19(28)13-25-20)15-6-8-16(29-4)9-7-15;1-21(2,28)17-9-4-13(10-22-17)16-11-23-19-20(25-16)26(18(27)12-24-19)14-5-7-15(29-3)8-6-14/h5,10-12,15-16H,6-9,13H2,1-4H3,(H,24,25);4,9-11,14-15,28H,5-8,12H2,1-3H3,(H,23,24)/i1+1,2+1,13+1,19+1,22+1;1+1,2+1,12+1,18+1,21+1. The first-order valence-corrected chi connectivity index (χ1v) is 20.3. The number of anilines is 4. The molecular weight excluding hydrogens is 746 g/mol. The van der Waals surface area contributed by atoms with Gasteiger partial charge in [-0.1, -0.05) is 20.8 Å². The van der Waals surface area contributed by atoms with Gasteiger partial charge in [-0.05, 0) is 89.5 Å². The molecule has 6 heterocycles. The van der Waals surface area contributed by atoms with Crippen molar-refractivity contribution in [3.63, 3.8) is 0 Å². The van der Waals surface area contributed by atoms with Crippen molar-refractivity contribution in [2.75, 3.05) is 47.7 Å². The van der Waals surface area contributed by atoms with Gasteiger partial charge in [0.15, 0.2) is 23.3 Å². The molecule has 0 radical (unpaired) electrons.